The molecule has 19 heavy (non-hydrogen) atoms. The van der Waals surface area contributed by atoms with Crippen molar-refractivity contribution in [3.63, 3.8) is 0 Å². The number of nitrogens with one attached hydrogen (secondary N) is 1. The van der Waals surface area contributed by atoms with E-state index >= 15 is 0 Å². The fraction of sp³-hybridized carbons (Fsp3) is 0.571. The molecule has 5 heteroatoms. The molecule has 0 fully saturated rings. The Labute approximate surface area is 116 Å². The normalized spacial score (nSPS) is 12.3. The highest BCUT2D eigenvalue weighted by atomic mass is 32.2. The molecule has 0 aromatic heterocycles. The number of benzene rings is 1. The maximum absolute atomic E-state index is 12.0. The van der Waals surface area contributed by atoms with Gasteiger partial charge in [-0.25, -0.2) is 8.42 Å². The van der Waals surface area contributed by atoms with Crippen molar-refractivity contribution in [1.29, 1.82) is 0 Å². The summed E-state index contributed by atoms with van der Waals surface area (Å²) in [4.78, 5) is 2.00. The SMILES string of the molecule is CN(C)c1ccccc1NCCS(=O)(=O)C(C)(C)C. The molecule has 0 atom stereocenters. The Morgan fingerprint density at radius 1 is 1.16 bits per heavy atom. The van der Waals surface area contributed by atoms with Crippen molar-refractivity contribution >= 4 is 21.2 Å². The molecule has 0 aliphatic carbocycles. The van der Waals surface area contributed by atoms with Crippen LogP contribution in [0.2, 0.25) is 0 Å². The maximum atomic E-state index is 12.0. The van der Waals surface area contributed by atoms with Crippen LogP contribution in [-0.4, -0.2) is 39.6 Å². The zero-order valence-electron chi connectivity index (χ0n) is 12.4. The second-order valence-corrected chi connectivity index (χ2v) is 8.63. The van der Waals surface area contributed by atoms with Crippen molar-refractivity contribution in [2.75, 3.05) is 36.6 Å². The molecule has 0 bridgehead atoms. The second-order valence-electron chi connectivity index (χ2n) is 5.77. The van der Waals surface area contributed by atoms with Crippen LogP contribution in [-0.2, 0) is 9.84 Å². The molecule has 0 heterocycles. The first-order valence-electron chi connectivity index (χ1n) is 6.38. The van der Waals surface area contributed by atoms with Crippen molar-refractivity contribution in [3.8, 4) is 0 Å². The van der Waals surface area contributed by atoms with Gasteiger partial charge in [-0.3, -0.25) is 0 Å². The van der Waals surface area contributed by atoms with Crippen LogP contribution in [0.5, 0.6) is 0 Å². The van der Waals surface area contributed by atoms with Crippen molar-refractivity contribution in [2.24, 2.45) is 0 Å². The molecule has 0 saturated carbocycles. The summed E-state index contributed by atoms with van der Waals surface area (Å²) < 4.78 is 23.3. The minimum atomic E-state index is -3.08. The van der Waals surface area contributed by atoms with E-state index in [-0.39, 0.29) is 5.75 Å². The van der Waals surface area contributed by atoms with E-state index in [1.165, 1.54) is 0 Å². The fourth-order valence-corrected chi connectivity index (χ4v) is 2.62. The van der Waals surface area contributed by atoms with E-state index in [0.29, 0.717) is 6.54 Å². The van der Waals surface area contributed by atoms with Gasteiger partial charge in [-0.2, -0.15) is 0 Å². The molecule has 0 radical (unpaired) electrons. The zero-order valence-corrected chi connectivity index (χ0v) is 13.2. The summed E-state index contributed by atoms with van der Waals surface area (Å²) in [5.74, 6) is 0.137. The summed E-state index contributed by atoms with van der Waals surface area (Å²) in [6.45, 7) is 5.62. The zero-order chi connectivity index (χ0) is 14.7. The first-order valence-corrected chi connectivity index (χ1v) is 8.03. The van der Waals surface area contributed by atoms with Crippen LogP contribution in [0.15, 0.2) is 24.3 Å². The Hall–Kier alpha value is -1.23. The Morgan fingerprint density at radius 3 is 2.26 bits per heavy atom. The number of nitrogens with zero attached hydrogens (tertiary/aromatic N) is 1. The van der Waals surface area contributed by atoms with Gasteiger partial charge < -0.3 is 10.2 Å². The van der Waals surface area contributed by atoms with Crippen LogP contribution in [0.1, 0.15) is 20.8 Å². The van der Waals surface area contributed by atoms with Crippen LogP contribution in [0.25, 0.3) is 0 Å². The van der Waals surface area contributed by atoms with E-state index in [1.807, 2.05) is 43.3 Å². The van der Waals surface area contributed by atoms with Gasteiger partial charge in [0.25, 0.3) is 0 Å². The molecule has 0 unspecified atom stereocenters. The second kappa shape index (κ2) is 5.82. The number of para-hydroxylation sites is 2. The molecule has 4 nitrogen and oxygen atoms in total. The minimum absolute atomic E-state index is 0.137. The average Bonchev–Trinajstić information content (AvgIpc) is 2.27. The van der Waals surface area contributed by atoms with Crippen LogP contribution < -0.4 is 10.2 Å². The van der Waals surface area contributed by atoms with E-state index in [1.54, 1.807) is 20.8 Å². The van der Waals surface area contributed by atoms with Crippen LogP contribution in [0.3, 0.4) is 0 Å². The smallest absolute Gasteiger partial charge is 0.156 e. The Balaban J connectivity index is 2.70. The number of hydrogen-bond donors (Lipinski definition) is 1. The van der Waals surface area contributed by atoms with Gasteiger partial charge in [0, 0.05) is 20.6 Å². The molecule has 1 aromatic carbocycles. The van der Waals surface area contributed by atoms with Crippen LogP contribution in [0, 0.1) is 0 Å². The third-order valence-corrected chi connectivity index (χ3v) is 5.61. The number of hydrogen-bond acceptors (Lipinski definition) is 4. The Morgan fingerprint density at radius 2 is 1.74 bits per heavy atom. The molecule has 0 aliphatic heterocycles. The standard InChI is InChI=1S/C14H24N2O2S/c1-14(2,3)19(17,18)11-10-15-12-8-6-7-9-13(12)16(4)5/h6-9,15H,10-11H2,1-5H3. The maximum Gasteiger partial charge on any atom is 0.156 e. The van der Waals surface area contributed by atoms with E-state index in [4.69, 9.17) is 0 Å². The lowest BCUT2D eigenvalue weighted by Gasteiger charge is -2.21. The summed E-state index contributed by atoms with van der Waals surface area (Å²) in [7, 11) is 0.852. The highest BCUT2D eigenvalue weighted by molar-refractivity contribution is 7.92. The Bertz CT molecular complexity index is 516. The number of rotatable bonds is 5. The summed E-state index contributed by atoms with van der Waals surface area (Å²) >= 11 is 0. The summed E-state index contributed by atoms with van der Waals surface area (Å²) in [6, 6.07) is 7.86. The predicted octanol–water partition coefficient (Wildman–Crippen LogP) is 2.38. The van der Waals surface area contributed by atoms with E-state index < -0.39 is 14.6 Å². The van der Waals surface area contributed by atoms with Crippen molar-refractivity contribution in [2.45, 2.75) is 25.5 Å². The summed E-state index contributed by atoms with van der Waals surface area (Å²) in [6.07, 6.45) is 0. The van der Waals surface area contributed by atoms with Crippen LogP contribution in [0.4, 0.5) is 11.4 Å². The van der Waals surface area contributed by atoms with Crippen molar-refractivity contribution in [3.05, 3.63) is 24.3 Å². The van der Waals surface area contributed by atoms with Gasteiger partial charge in [0.15, 0.2) is 9.84 Å². The highest BCUT2D eigenvalue weighted by Gasteiger charge is 2.28. The van der Waals surface area contributed by atoms with Gasteiger partial charge in [0.1, 0.15) is 0 Å². The summed E-state index contributed by atoms with van der Waals surface area (Å²) in [5.41, 5.74) is 2.01. The molecule has 1 rings (SSSR count). The lowest BCUT2D eigenvalue weighted by Crippen LogP contribution is -2.33. The molecule has 1 aromatic rings. The molecule has 0 spiro atoms. The quantitative estimate of drug-likeness (QED) is 0.902. The number of anilines is 2. The lowest BCUT2D eigenvalue weighted by atomic mass is 10.2. The topological polar surface area (TPSA) is 49.4 Å². The molecule has 0 amide bonds. The van der Waals surface area contributed by atoms with Gasteiger partial charge >= 0.3 is 0 Å². The first kappa shape index (κ1) is 15.8. The largest absolute Gasteiger partial charge is 0.382 e. The lowest BCUT2D eigenvalue weighted by molar-refractivity contribution is 0.560. The van der Waals surface area contributed by atoms with Gasteiger partial charge in [-0.05, 0) is 32.9 Å². The molecular weight excluding hydrogens is 260 g/mol. The van der Waals surface area contributed by atoms with Gasteiger partial charge in [-0.1, -0.05) is 12.1 Å². The van der Waals surface area contributed by atoms with E-state index in [9.17, 15) is 8.42 Å². The van der Waals surface area contributed by atoms with Gasteiger partial charge in [-0.15, -0.1) is 0 Å². The average molecular weight is 284 g/mol. The predicted molar refractivity (Wildman–Crippen MR) is 82.8 cm³/mol. The van der Waals surface area contributed by atoms with Gasteiger partial charge in [0.2, 0.25) is 0 Å². The fourth-order valence-electron chi connectivity index (χ4n) is 1.64. The van der Waals surface area contributed by atoms with Crippen molar-refractivity contribution < 1.29 is 8.42 Å². The van der Waals surface area contributed by atoms with Gasteiger partial charge in [0.05, 0.1) is 21.9 Å². The van der Waals surface area contributed by atoms with Crippen LogP contribution >= 0.6 is 0 Å². The third-order valence-electron chi connectivity index (χ3n) is 3.01. The number of sulfone groups is 1. The molecule has 1 N–H and O–H groups in total. The highest BCUT2D eigenvalue weighted by Crippen LogP contribution is 2.23. The van der Waals surface area contributed by atoms with Crippen molar-refractivity contribution in [1.82, 2.24) is 0 Å². The van der Waals surface area contributed by atoms with E-state index in [2.05, 4.69) is 5.32 Å². The molecule has 0 aliphatic rings. The Kier molecular flexibility index (Phi) is 4.85. The van der Waals surface area contributed by atoms with E-state index in [0.717, 1.165) is 11.4 Å². The first-order chi connectivity index (χ1) is 8.65. The molecule has 0 saturated heterocycles. The molecule has 108 valence electrons. The summed E-state index contributed by atoms with van der Waals surface area (Å²) in [5, 5.41) is 3.20. The third kappa shape index (κ3) is 4.13. The molecular formula is C14H24N2O2S. The minimum Gasteiger partial charge on any atom is -0.382 e. The monoisotopic (exact) mass is 284 g/mol.